The number of aromatic nitrogens is 2. The summed E-state index contributed by atoms with van der Waals surface area (Å²) in [5.41, 5.74) is 0.623. The maximum absolute atomic E-state index is 12.0. The SMILES string of the molecule is Cn1ccc(CNC2CCN(C(=O)OC(C)(C)C)CC2)n1. The number of rotatable bonds is 3. The number of hydrogen-bond acceptors (Lipinski definition) is 4. The summed E-state index contributed by atoms with van der Waals surface area (Å²) in [4.78, 5) is 13.8. The van der Waals surface area contributed by atoms with Gasteiger partial charge in [0, 0.05) is 38.9 Å². The standard InChI is InChI=1S/C15H26N4O2/c1-15(2,3)21-14(20)19-9-6-12(7-10-19)16-11-13-5-8-18(4)17-13/h5,8,12,16H,6-7,9-11H2,1-4H3. The first-order valence-corrected chi connectivity index (χ1v) is 7.53. The molecule has 0 aromatic carbocycles. The first-order chi connectivity index (χ1) is 9.83. The zero-order valence-corrected chi connectivity index (χ0v) is 13.4. The molecule has 0 unspecified atom stereocenters. The fourth-order valence-electron chi connectivity index (χ4n) is 2.40. The zero-order valence-electron chi connectivity index (χ0n) is 13.4. The fraction of sp³-hybridized carbons (Fsp3) is 0.733. The maximum Gasteiger partial charge on any atom is 0.410 e. The van der Waals surface area contributed by atoms with Crippen LogP contribution in [0.25, 0.3) is 0 Å². The number of ether oxygens (including phenoxy) is 1. The Bertz CT molecular complexity index is 470. The lowest BCUT2D eigenvalue weighted by atomic mass is 10.1. The van der Waals surface area contributed by atoms with Crippen LogP contribution >= 0.6 is 0 Å². The van der Waals surface area contributed by atoms with E-state index in [4.69, 9.17) is 4.74 Å². The van der Waals surface area contributed by atoms with Crippen LogP contribution in [0.2, 0.25) is 0 Å². The summed E-state index contributed by atoms with van der Waals surface area (Å²) in [6.45, 7) is 7.95. The molecule has 2 heterocycles. The third-order valence-corrected chi connectivity index (χ3v) is 3.49. The highest BCUT2D eigenvalue weighted by molar-refractivity contribution is 5.68. The van der Waals surface area contributed by atoms with E-state index in [1.54, 1.807) is 4.90 Å². The van der Waals surface area contributed by atoms with Crippen molar-refractivity contribution >= 4 is 6.09 Å². The van der Waals surface area contributed by atoms with Crippen LogP contribution < -0.4 is 5.32 Å². The van der Waals surface area contributed by atoms with Crippen molar-refractivity contribution in [2.45, 2.75) is 51.8 Å². The molecule has 0 atom stereocenters. The summed E-state index contributed by atoms with van der Waals surface area (Å²) in [7, 11) is 1.92. The fourth-order valence-corrected chi connectivity index (χ4v) is 2.40. The molecule has 1 saturated heterocycles. The summed E-state index contributed by atoms with van der Waals surface area (Å²) in [5, 5.41) is 7.85. The van der Waals surface area contributed by atoms with Crippen molar-refractivity contribution in [3.8, 4) is 0 Å². The molecule has 1 aromatic heterocycles. The quantitative estimate of drug-likeness (QED) is 0.925. The Morgan fingerprint density at radius 1 is 1.43 bits per heavy atom. The molecular weight excluding hydrogens is 268 g/mol. The molecule has 6 nitrogen and oxygen atoms in total. The smallest absolute Gasteiger partial charge is 0.410 e. The van der Waals surface area contributed by atoms with Crippen LogP contribution in [-0.4, -0.2) is 45.5 Å². The molecule has 0 radical (unpaired) electrons. The molecule has 1 aliphatic rings. The van der Waals surface area contributed by atoms with Gasteiger partial charge in [-0.2, -0.15) is 5.10 Å². The Balaban J connectivity index is 1.72. The molecule has 1 N–H and O–H groups in total. The number of piperidine rings is 1. The first-order valence-electron chi connectivity index (χ1n) is 7.53. The molecule has 1 amide bonds. The molecular formula is C15H26N4O2. The first kappa shape index (κ1) is 15.8. The van der Waals surface area contributed by atoms with Gasteiger partial charge in [-0.1, -0.05) is 0 Å². The van der Waals surface area contributed by atoms with Gasteiger partial charge in [0.05, 0.1) is 5.69 Å². The van der Waals surface area contributed by atoms with Gasteiger partial charge < -0.3 is 15.0 Å². The van der Waals surface area contributed by atoms with Gasteiger partial charge in [0.2, 0.25) is 0 Å². The van der Waals surface area contributed by atoms with Gasteiger partial charge in [0.1, 0.15) is 5.60 Å². The molecule has 0 saturated carbocycles. The van der Waals surface area contributed by atoms with E-state index in [2.05, 4.69) is 10.4 Å². The summed E-state index contributed by atoms with van der Waals surface area (Å²) < 4.78 is 7.21. The van der Waals surface area contributed by atoms with E-state index >= 15 is 0 Å². The van der Waals surface area contributed by atoms with Gasteiger partial charge in [-0.05, 0) is 39.7 Å². The minimum atomic E-state index is -0.425. The molecule has 6 heteroatoms. The van der Waals surface area contributed by atoms with Crippen LogP contribution in [0.5, 0.6) is 0 Å². The van der Waals surface area contributed by atoms with Crippen molar-refractivity contribution in [3.05, 3.63) is 18.0 Å². The summed E-state index contributed by atoms with van der Waals surface area (Å²) >= 11 is 0. The molecule has 0 spiro atoms. The monoisotopic (exact) mass is 294 g/mol. The topological polar surface area (TPSA) is 59.4 Å². The Hall–Kier alpha value is -1.56. The highest BCUT2D eigenvalue weighted by Gasteiger charge is 2.26. The lowest BCUT2D eigenvalue weighted by Gasteiger charge is -2.33. The summed E-state index contributed by atoms with van der Waals surface area (Å²) in [6, 6.07) is 2.45. The Kier molecular flexibility index (Phi) is 4.88. The number of hydrogen-bond donors (Lipinski definition) is 1. The van der Waals surface area contributed by atoms with Gasteiger partial charge in [-0.3, -0.25) is 4.68 Å². The van der Waals surface area contributed by atoms with Crippen molar-refractivity contribution in [1.82, 2.24) is 20.0 Å². The highest BCUT2D eigenvalue weighted by atomic mass is 16.6. The van der Waals surface area contributed by atoms with E-state index in [1.807, 2.05) is 44.8 Å². The molecule has 0 bridgehead atoms. The second-order valence-electron chi connectivity index (χ2n) is 6.60. The largest absolute Gasteiger partial charge is 0.444 e. The number of nitrogens with zero attached hydrogens (tertiary/aromatic N) is 3. The molecule has 1 fully saturated rings. The van der Waals surface area contributed by atoms with E-state index in [0.29, 0.717) is 6.04 Å². The van der Waals surface area contributed by atoms with Crippen LogP contribution in [0, 0.1) is 0 Å². The van der Waals surface area contributed by atoms with Gasteiger partial charge in [-0.25, -0.2) is 4.79 Å². The van der Waals surface area contributed by atoms with Gasteiger partial charge in [-0.15, -0.1) is 0 Å². The van der Waals surface area contributed by atoms with Crippen molar-refractivity contribution in [3.63, 3.8) is 0 Å². The predicted octanol–water partition coefficient (Wildman–Crippen LogP) is 1.91. The van der Waals surface area contributed by atoms with Crippen molar-refractivity contribution in [2.24, 2.45) is 7.05 Å². The van der Waals surface area contributed by atoms with Crippen molar-refractivity contribution in [1.29, 1.82) is 0 Å². The van der Waals surface area contributed by atoms with Crippen LogP contribution in [0.3, 0.4) is 0 Å². The Morgan fingerprint density at radius 2 is 2.10 bits per heavy atom. The third kappa shape index (κ3) is 5.04. The molecule has 1 aromatic rings. The zero-order chi connectivity index (χ0) is 15.5. The Morgan fingerprint density at radius 3 is 2.62 bits per heavy atom. The van der Waals surface area contributed by atoms with E-state index in [-0.39, 0.29) is 6.09 Å². The Labute approximate surface area is 126 Å². The number of carbonyl (C=O) groups excluding carboxylic acids is 1. The summed E-state index contributed by atoms with van der Waals surface area (Å²) in [6.07, 6.45) is 3.64. The predicted molar refractivity (Wildman–Crippen MR) is 80.9 cm³/mol. The maximum atomic E-state index is 12.0. The van der Waals surface area contributed by atoms with Crippen molar-refractivity contribution in [2.75, 3.05) is 13.1 Å². The third-order valence-electron chi connectivity index (χ3n) is 3.49. The highest BCUT2D eigenvalue weighted by Crippen LogP contribution is 2.15. The normalized spacial score (nSPS) is 17.0. The molecule has 118 valence electrons. The van der Waals surface area contributed by atoms with E-state index < -0.39 is 5.60 Å². The number of nitrogens with one attached hydrogen (secondary N) is 1. The van der Waals surface area contributed by atoms with Crippen LogP contribution in [0.4, 0.5) is 4.79 Å². The van der Waals surface area contributed by atoms with E-state index in [0.717, 1.165) is 38.2 Å². The average Bonchev–Trinajstić information content (AvgIpc) is 2.81. The van der Waals surface area contributed by atoms with Gasteiger partial charge in [0.25, 0.3) is 0 Å². The van der Waals surface area contributed by atoms with Gasteiger partial charge in [0.15, 0.2) is 0 Å². The molecule has 0 aliphatic carbocycles. The molecule has 21 heavy (non-hydrogen) atoms. The number of carbonyl (C=O) groups is 1. The second-order valence-corrected chi connectivity index (χ2v) is 6.60. The molecule has 2 rings (SSSR count). The number of amides is 1. The number of likely N-dealkylation sites (tertiary alicyclic amines) is 1. The minimum absolute atomic E-state index is 0.203. The van der Waals surface area contributed by atoms with Crippen LogP contribution in [0.15, 0.2) is 12.3 Å². The number of aryl methyl sites for hydroxylation is 1. The van der Waals surface area contributed by atoms with E-state index in [9.17, 15) is 4.79 Å². The molecule has 1 aliphatic heterocycles. The summed E-state index contributed by atoms with van der Waals surface area (Å²) in [5.74, 6) is 0. The average molecular weight is 294 g/mol. The minimum Gasteiger partial charge on any atom is -0.444 e. The van der Waals surface area contributed by atoms with E-state index in [1.165, 1.54) is 0 Å². The lowest BCUT2D eigenvalue weighted by Crippen LogP contribution is -2.46. The lowest BCUT2D eigenvalue weighted by molar-refractivity contribution is 0.0198. The van der Waals surface area contributed by atoms with Gasteiger partial charge >= 0.3 is 6.09 Å². The van der Waals surface area contributed by atoms with Crippen LogP contribution in [0.1, 0.15) is 39.3 Å². The second kappa shape index (κ2) is 6.47. The van der Waals surface area contributed by atoms with Crippen LogP contribution in [-0.2, 0) is 18.3 Å². The van der Waals surface area contributed by atoms with Crippen molar-refractivity contribution < 1.29 is 9.53 Å².